The smallest absolute Gasteiger partial charge is 0.395 e. The molecule has 1 aliphatic heterocycles. The van der Waals surface area contributed by atoms with Crippen LogP contribution in [0.15, 0.2) is 58.1 Å². The molecule has 1 aromatic heterocycles. The second-order valence-corrected chi connectivity index (χ2v) is 10.8. The van der Waals surface area contributed by atoms with Crippen molar-refractivity contribution in [3.05, 3.63) is 53.0 Å². The summed E-state index contributed by atoms with van der Waals surface area (Å²) < 4.78 is 62.9. The Morgan fingerprint density at radius 1 is 1.18 bits per heavy atom. The number of alkyl halides is 3. The van der Waals surface area contributed by atoms with E-state index in [2.05, 4.69) is 4.99 Å². The Morgan fingerprint density at radius 3 is 2.52 bits per heavy atom. The Labute approximate surface area is 194 Å². The van der Waals surface area contributed by atoms with E-state index in [9.17, 15) is 26.4 Å². The number of hydrogen-bond donors (Lipinski definition) is 1. The normalized spacial score (nSPS) is 16.2. The molecule has 1 aromatic carbocycles. The van der Waals surface area contributed by atoms with Crippen LogP contribution in [0, 0.1) is 0 Å². The Balaban J connectivity index is 1.93. The highest BCUT2D eigenvalue weighted by Crippen LogP contribution is 2.31. The van der Waals surface area contributed by atoms with Crippen molar-refractivity contribution < 1.29 is 26.4 Å². The SMILES string of the molecule is CS(=O)(=O)c1cccc(-c2ccc(C(C=C(N)C(F)(F)F)=NCC(=O)N3CCCCC3)s2)c1. The number of amides is 1. The number of thiophene rings is 1. The molecule has 0 radical (unpaired) electrons. The van der Waals surface area contributed by atoms with Crippen molar-refractivity contribution in [2.24, 2.45) is 10.7 Å². The van der Waals surface area contributed by atoms with Crippen molar-refractivity contribution in [1.29, 1.82) is 0 Å². The molecule has 6 nitrogen and oxygen atoms in total. The Morgan fingerprint density at radius 2 is 1.88 bits per heavy atom. The molecule has 1 fully saturated rings. The number of piperidine rings is 1. The van der Waals surface area contributed by atoms with E-state index in [1.165, 1.54) is 12.1 Å². The Kier molecular flexibility index (Phi) is 7.63. The molecule has 0 atom stereocenters. The first-order valence-corrected chi connectivity index (χ1v) is 12.9. The molecule has 0 bridgehead atoms. The number of benzene rings is 1. The summed E-state index contributed by atoms with van der Waals surface area (Å²) in [6.07, 6.45) is -0.0792. The Hall–Kier alpha value is -2.66. The first kappa shape index (κ1) is 25.0. The van der Waals surface area contributed by atoms with Gasteiger partial charge in [0.05, 0.1) is 15.5 Å². The van der Waals surface area contributed by atoms with Crippen LogP contribution >= 0.6 is 11.3 Å². The average Bonchev–Trinajstić information content (AvgIpc) is 3.26. The molecule has 178 valence electrons. The van der Waals surface area contributed by atoms with Gasteiger partial charge in [0.25, 0.3) is 0 Å². The summed E-state index contributed by atoms with van der Waals surface area (Å²) in [5.74, 6) is -0.246. The van der Waals surface area contributed by atoms with E-state index in [0.717, 1.165) is 42.9 Å². The van der Waals surface area contributed by atoms with Crippen LogP contribution in [0.5, 0.6) is 0 Å². The quantitative estimate of drug-likeness (QED) is 0.608. The van der Waals surface area contributed by atoms with Crippen LogP contribution in [0.4, 0.5) is 13.2 Å². The van der Waals surface area contributed by atoms with E-state index in [4.69, 9.17) is 5.73 Å². The molecule has 33 heavy (non-hydrogen) atoms. The third kappa shape index (κ3) is 6.67. The van der Waals surface area contributed by atoms with Crippen LogP contribution in [-0.4, -0.2) is 57.0 Å². The zero-order chi connectivity index (χ0) is 24.2. The molecule has 0 aliphatic carbocycles. The molecule has 2 heterocycles. The lowest BCUT2D eigenvalue weighted by atomic mass is 10.1. The van der Waals surface area contributed by atoms with Gasteiger partial charge in [0.1, 0.15) is 12.2 Å². The summed E-state index contributed by atoms with van der Waals surface area (Å²) in [5, 5.41) is 0. The summed E-state index contributed by atoms with van der Waals surface area (Å²) in [6.45, 7) is 0.946. The lowest BCUT2D eigenvalue weighted by molar-refractivity contribution is -0.130. The molecule has 0 unspecified atom stereocenters. The minimum Gasteiger partial charge on any atom is -0.395 e. The molecule has 1 aliphatic rings. The molecule has 1 saturated heterocycles. The molecule has 0 saturated carbocycles. The minimum absolute atomic E-state index is 0.0503. The van der Waals surface area contributed by atoms with Gasteiger partial charge in [-0.3, -0.25) is 9.79 Å². The van der Waals surface area contributed by atoms with E-state index >= 15 is 0 Å². The zero-order valence-electron chi connectivity index (χ0n) is 17.9. The van der Waals surface area contributed by atoms with E-state index < -0.39 is 21.7 Å². The summed E-state index contributed by atoms with van der Waals surface area (Å²) in [7, 11) is -3.42. The van der Waals surface area contributed by atoms with Crippen molar-refractivity contribution in [1.82, 2.24) is 4.90 Å². The number of halogens is 3. The standard InChI is InChI=1S/C22H24F3N3O3S2/c1-33(30,31)16-7-5-6-15(12-16)18-8-9-19(32-18)17(13-20(26)22(23,24)25)27-14-21(29)28-10-3-2-4-11-28/h5-9,12-13H,2-4,10-11,14,26H2,1H3. The fourth-order valence-electron chi connectivity index (χ4n) is 3.33. The van der Waals surface area contributed by atoms with Gasteiger partial charge in [0.2, 0.25) is 5.91 Å². The van der Waals surface area contributed by atoms with Gasteiger partial charge in [-0.2, -0.15) is 13.2 Å². The molecule has 11 heteroatoms. The maximum atomic E-state index is 13.1. The first-order chi connectivity index (χ1) is 15.4. The molecular weight excluding hydrogens is 475 g/mol. The number of carbonyl (C=O) groups excluding carboxylic acids is 1. The summed E-state index contributed by atoms with van der Waals surface area (Å²) in [6, 6.07) is 9.53. The van der Waals surface area contributed by atoms with Crippen molar-refractivity contribution in [2.75, 3.05) is 25.9 Å². The summed E-state index contributed by atoms with van der Waals surface area (Å²) in [5.41, 5.74) is 4.46. The topological polar surface area (TPSA) is 92.8 Å². The number of nitrogens with zero attached hydrogens (tertiary/aromatic N) is 2. The summed E-state index contributed by atoms with van der Waals surface area (Å²) >= 11 is 1.14. The molecule has 3 rings (SSSR count). The second-order valence-electron chi connectivity index (χ2n) is 7.70. The van der Waals surface area contributed by atoms with E-state index in [0.29, 0.717) is 28.4 Å². The second kappa shape index (κ2) is 10.1. The van der Waals surface area contributed by atoms with Crippen LogP contribution in [0.3, 0.4) is 0 Å². The van der Waals surface area contributed by atoms with Gasteiger partial charge >= 0.3 is 6.18 Å². The maximum Gasteiger partial charge on any atom is 0.430 e. The molecule has 1 amide bonds. The maximum absolute atomic E-state index is 13.1. The van der Waals surface area contributed by atoms with E-state index in [1.807, 2.05) is 0 Å². The van der Waals surface area contributed by atoms with Gasteiger partial charge in [0, 0.05) is 24.2 Å². The number of allylic oxidation sites excluding steroid dienone is 2. The number of likely N-dealkylation sites (tertiary alicyclic amines) is 1. The van der Waals surface area contributed by atoms with Gasteiger partial charge in [-0.15, -0.1) is 11.3 Å². The highest BCUT2D eigenvalue weighted by Gasteiger charge is 2.32. The van der Waals surface area contributed by atoms with Crippen molar-refractivity contribution in [2.45, 2.75) is 30.3 Å². The largest absolute Gasteiger partial charge is 0.430 e. The minimum atomic E-state index is -4.73. The van der Waals surface area contributed by atoms with Crippen LogP contribution in [0.1, 0.15) is 24.1 Å². The van der Waals surface area contributed by atoms with Gasteiger partial charge in [-0.25, -0.2) is 8.42 Å². The monoisotopic (exact) mass is 499 g/mol. The Bertz CT molecular complexity index is 1180. The number of sulfone groups is 1. The molecule has 0 spiro atoms. The first-order valence-electron chi connectivity index (χ1n) is 10.2. The predicted molar refractivity (Wildman–Crippen MR) is 123 cm³/mol. The third-order valence-corrected chi connectivity index (χ3v) is 7.39. The third-order valence-electron chi connectivity index (χ3n) is 5.12. The number of carbonyl (C=O) groups is 1. The number of rotatable bonds is 6. The zero-order valence-corrected chi connectivity index (χ0v) is 19.6. The average molecular weight is 500 g/mol. The van der Waals surface area contributed by atoms with E-state index in [1.54, 1.807) is 29.2 Å². The van der Waals surface area contributed by atoms with Crippen molar-refractivity contribution in [3.8, 4) is 10.4 Å². The highest BCUT2D eigenvalue weighted by atomic mass is 32.2. The number of aliphatic imine (C=N–C) groups is 1. The molecule has 2 aromatic rings. The fraction of sp³-hybridized carbons (Fsp3) is 0.364. The van der Waals surface area contributed by atoms with Gasteiger partial charge in [-0.1, -0.05) is 12.1 Å². The molecule has 2 N–H and O–H groups in total. The van der Waals surface area contributed by atoms with Crippen molar-refractivity contribution in [3.63, 3.8) is 0 Å². The van der Waals surface area contributed by atoms with Crippen LogP contribution in [0.25, 0.3) is 10.4 Å². The van der Waals surface area contributed by atoms with Crippen LogP contribution in [0.2, 0.25) is 0 Å². The van der Waals surface area contributed by atoms with Crippen molar-refractivity contribution >= 4 is 32.8 Å². The number of hydrogen-bond acceptors (Lipinski definition) is 6. The van der Waals surface area contributed by atoms with Gasteiger partial charge < -0.3 is 10.6 Å². The number of nitrogens with two attached hydrogens (primary N) is 1. The van der Waals surface area contributed by atoms with Gasteiger partial charge in [-0.05, 0) is 55.2 Å². The highest BCUT2D eigenvalue weighted by molar-refractivity contribution is 7.90. The fourth-order valence-corrected chi connectivity index (χ4v) is 4.98. The van der Waals surface area contributed by atoms with E-state index in [-0.39, 0.29) is 23.1 Å². The predicted octanol–water partition coefficient (Wildman–Crippen LogP) is 4.03. The molecular formula is C22H24F3N3O3S2. The van der Waals surface area contributed by atoms with Crippen LogP contribution in [-0.2, 0) is 14.6 Å². The lowest BCUT2D eigenvalue weighted by Gasteiger charge is -2.26. The summed E-state index contributed by atoms with van der Waals surface area (Å²) in [4.78, 5) is 19.5. The lowest BCUT2D eigenvalue weighted by Crippen LogP contribution is -2.37. The van der Waals surface area contributed by atoms with Gasteiger partial charge in [0.15, 0.2) is 9.84 Å². The van der Waals surface area contributed by atoms with Crippen LogP contribution < -0.4 is 5.73 Å².